The Bertz CT molecular complexity index is 675. The first-order chi connectivity index (χ1) is 11.6. The van der Waals surface area contributed by atoms with Crippen molar-refractivity contribution in [3.05, 3.63) is 65.5 Å². The van der Waals surface area contributed by atoms with Gasteiger partial charge in [-0.3, -0.25) is 4.79 Å². The average molecular weight is 331 g/mol. The van der Waals surface area contributed by atoms with E-state index in [1.54, 1.807) is 30.3 Å². The van der Waals surface area contributed by atoms with E-state index in [9.17, 15) is 14.3 Å². The number of amides is 1. The maximum absolute atomic E-state index is 13.1. The SMILES string of the molecule is CCC(O)CCNC(=O)c1cccc(COc2cccc(F)c2)c1. The second-order valence-electron chi connectivity index (χ2n) is 5.55. The first-order valence-electron chi connectivity index (χ1n) is 8.02. The van der Waals surface area contributed by atoms with Gasteiger partial charge in [-0.05, 0) is 42.7 Å². The molecule has 2 N–H and O–H groups in total. The summed E-state index contributed by atoms with van der Waals surface area (Å²) in [4.78, 5) is 12.1. The van der Waals surface area contributed by atoms with Crippen LogP contribution in [-0.4, -0.2) is 23.7 Å². The molecule has 0 fully saturated rings. The highest BCUT2D eigenvalue weighted by atomic mass is 19.1. The Morgan fingerprint density at radius 3 is 2.79 bits per heavy atom. The molecule has 4 nitrogen and oxygen atoms in total. The summed E-state index contributed by atoms with van der Waals surface area (Å²) in [5, 5.41) is 12.3. The summed E-state index contributed by atoms with van der Waals surface area (Å²) >= 11 is 0. The normalized spacial score (nSPS) is 11.8. The molecule has 2 rings (SSSR count). The molecule has 0 heterocycles. The zero-order valence-corrected chi connectivity index (χ0v) is 13.7. The van der Waals surface area contributed by atoms with Crippen LogP contribution in [0.5, 0.6) is 5.75 Å². The van der Waals surface area contributed by atoms with Crippen LogP contribution in [0, 0.1) is 5.82 Å². The fourth-order valence-corrected chi connectivity index (χ4v) is 2.18. The van der Waals surface area contributed by atoms with Crippen molar-refractivity contribution in [3.63, 3.8) is 0 Å². The summed E-state index contributed by atoms with van der Waals surface area (Å²) in [5.41, 5.74) is 1.35. The fourth-order valence-electron chi connectivity index (χ4n) is 2.18. The number of carbonyl (C=O) groups excluding carboxylic acids is 1. The van der Waals surface area contributed by atoms with Gasteiger partial charge in [0.25, 0.3) is 5.91 Å². The van der Waals surface area contributed by atoms with Crippen molar-refractivity contribution in [2.75, 3.05) is 6.54 Å². The van der Waals surface area contributed by atoms with E-state index >= 15 is 0 Å². The second-order valence-corrected chi connectivity index (χ2v) is 5.55. The van der Waals surface area contributed by atoms with Crippen molar-refractivity contribution in [2.45, 2.75) is 32.5 Å². The van der Waals surface area contributed by atoms with Gasteiger partial charge in [-0.1, -0.05) is 25.1 Å². The summed E-state index contributed by atoms with van der Waals surface area (Å²) in [6, 6.07) is 13.0. The number of rotatable bonds is 8. The molecular formula is C19H22FNO3. The molecule has 0 aliphatic carbocycles. The Balaban J connectivity index is 1.89. The Labute approximate surface area is 141 Å². The smallest absolute Gasteiger partial charge is 0.251 e. The molecule has 1 atom stereocenters. The average Bonchev–Trinajstić information content (AvgIpc) is 2.60. The molecule has 2 aromatic rings. The van der Waals surface area contributed by atoms with Gasteiger partial charge in [0, 0.05) is 18.2 Å². The summed E-state index contributed by atoms with van der Waals surface area (Å²) in [5.74, 6) is -0.0980. The summed E-state index contributed by atoms with van der Waals surface area (Å²) < 4.78 is 18.6. The highest BCUT2D eigenvalue weighted by Gasteiger charge is 2.08. The predicted molar refractivity (Wildman–Crippen MR) is 90.4 cm³/mol. The van der Waals surface area contributed by atoms with Crippen LogP contribution in [0.15, 0.2) is 48.5 Å². The van der Waals surface area contributed by atoms with E-state index in [4.69, 9.17) is 4.74 Å². The number of aliphatic hydroxyl groups is 1. The monoisotopic (exact) mass is 331 g/mol. The number of nitrogens with one attached hydrogen (secondary N) is 1. The van der Waals surface area contributed by atoms with E-state index in [2.05, 4.69) is 5.32 Å². The molecular weight excluding hydrogens is 309 g/mol. The van der Waals surface area contributed by atoms with Crippen molar-refractivity contribution in [2.24, 2.45) is 0 Å². The Morgan fingerprint density at radius 2 is 2.04 bits per heavy atom. The molecule has 1 amide bonds. The third kappa shape index (κ3) is 5.66. The zero-order chi connectivity index (χ0) is 17.4. The molecule has 24 heavy (non-hydrogen) atoms. The van der Waals surface area contributed by atoms with Crippen LogP contribution >= 0.6 is 0 Å². The van der Waals surface area contributed by atoms with Gasteiger partial charge in [0.05, 0.1) is 6.10 Å². The topological polar surface area (TPSA) is 58.6 Å². The number of carbonyl (C=O) groups is 1. The first-order valence-corrected chi connectivity index (χ1v) is 8.02. The van der Waals surface area contributed by atoms with Crippen LogP contribution in [0.3, 0.4) is 0 Å². The van der Waals surface area contributed by atoms with Gasteiger partial charge < -0.3 is 15.2 Å². The lowest BCUT2D eigenvalue weighted by molar-refractivity contribution is 0.0942. The van der Waals surface area contributed by atoms with Gasteiger partial charge in [-0.2, -0.15) is 0 Å². The molecule has 0 saturated carbocycles. The molecule has 0 aliphatic heterocycles. The Hall–Kier alpha value is -2.40. The minimum absolute atomic E-state index is 0.189. The molecule has 0 bridgehead atoms. The number of hydrogen-bond acceptors (Lipinski definition) is 3. The van der Waals surface area contributed by atoms with Gasteiger partial charge in [0.15, 0.2) is 0 Å². The van der Waals surface area contributed by atoms with E-state index in [1.165, 1.54) is 12.1 Å². The standard InChI is InChI=1S/C19H22FNO3/c1-2-17(22)9-10-21-19(23)15-6-3-5-14(11-15)13-24-18-8-4-7-16(20)12-18/h3-8,11-12,17,22H,2,9-10,13H2,1H3,(H,21,23). The van der Waals surface area contributed by atoms with E-state index in [0.717, 1.165) is 5.56 Å². The molecule has 0 aliphatic rings. The highest BCUT2D eigenvalue weighted by molar-refractivity contribution is 5.94. The van der Waals surface area contributed by atoms with Gasteiger partial charge in [-0.25, -0.2) is 4.39 Å². The summed E-state index contributed by atoms with van der Waals surface area (Å²) in [6.45, 7) is 2.57. The zero-order valence-electron chi connectivity index (χ0n) is 13.7. The van der Waals surface area contributed by atoms with E-state index in [0.29, 0.717) is 30.7 Å². The molecule has 128 valence electrons. The van der Waals surface area contributed by atoms with Gasteiger partial charge in [0.1, 0.15) is 18.2 Å². The molecule has 0 spiro atoms. The molecule has 0 aromatic heterocycles. The largest absolute Gasteiger partial charge is 0.489 e. The van der Waals surface area contributed by atoms with E-state index in [1.807, 2.05) is 13.0 Å². The van der Waals surface area contributed by atoms with Crippen molar-refractivity contribution in [1.82, 2.24) is 5.32 Å². The van der Waals surface area contributed by atoms with Crippen molar-refractivity contribution >= 4 is 5.91 Å². The third-order valence-corrected chi connectivity index (χ3v) is 3.63. The third-order valence-electron chi connectivity index (χ3n) is 3.63. The van der Waals surface area contributed by atoms with Crippen molar-refractivity contribution in [3.8, 4) is 5.75 Å². The maximum atomic E-state index is 13.1. The van der Waals surface area contributed by atoms with Crippen molar-refractivity contribution in [1.29, 1.82) is 0 Å². The maximum Gasteiger partial charge on any atom is 0.251 e. The number of halogens is 1. The van der Waals surface area contributed by atoms with E-state index < -0.39 is 6.10 Å². The van der Waals surface area contributed by atoms with Crippen molar-refractivity contribution < 1.29 is 19.0 Å². The molecule has 0 saturated heterocycles. The van der Waals surface area contributed by atoms with Crippen LogP contribution in [0.1, 0.15) is 35.7 Å². The highest BCUT2D eigenvalue weighted by Crippen LogP contribution is 2.15. The van der Waals surface area contributed by atoms with Crippen LogP contribution in [0.4, 0.5) is 4.39 Å². The van der Waals surface area contributed by atoms with E-state index in [-0.39, 0.29) is 18.3 Å². The number of hydrogen-bond donors (Lipinski definition) is 2. The molecule has 5 heteroatoms. The first kappa shape index (κ1) is 17.9. The number of ether oxygens (including phenoxy) is 1. The summed E-state index contributed by atoms with van der Waals surface area (Å²) in [6.07, 6.45) is 0.809. The Kier molecular flexibility index (Phi) is 6.75. The lowest BCUT2D eigenvalue weighted by Gasteiger charge is -2.10. The van der Waals surface area contributed by atoms with Crippen LogP contribution in [-0.2, 0) is 6.61 Å². The van der Waals surface area contributed by atoms with Gasteiger partial charge in [-0.15, -0.1) is 0 Å². The lowest BCUT2D eigenvalue weighted by atomic mass is 10.1. The van der Waals surface area contributed by atoms with Gasteiger partial charge >= 0.3 is 0 Å². The quantitative estimate of drug-likeness (QED) is 0.780. The molecule has 1 unspecified atom stereocenters. The lowest BCUT2D eigenvalue weighted by Crippen LogP contribution is -2.27. The minimum Gasteiger partial charge on any atom is -0.489 e. The number of aliphatic hydroxyl groups excluding tert-OH is 1. The molecule has 2 aromatic carbocycles. The minimum atomic E-state index is -0.392. The van der Waals surface area contributed by atoms with Crippen LogP contribution in [0.25, 0.3) is 0 Å². The van der Waals surface area contributed by atoms with Crippen LogP contribution in [0.2, 0.25) is 0 Å². The van der Waals surface area contributed by atoms with Gasteiger partial charge in [0.2, 0.25) is 0 Å². The Morgan fingerprint density at radius 1 is 1.25 bits per heavy atom. The second kappa shape index (κ2) is 9.03. The predicted octanol–water partition coefficient (Wildman–Crippen LogP) is 3.30. The van der Waals surface area contributed by atoms with Crippen LogP contribution < -0.4 is 10.1 Å². The fraction of sp³-hybridized carbons (Fsp3) is 0.316. The molecule has 0 radical (unpaired) electrons. The number of benzene rings is 2. The summed E-state index contributed by atoms with van der Waals surface area (Å²) in [7, 11) is 0.